The van der Waals surface area contributed by atoms with Gasteiger partial charge in [0.1, 0.15) is 0 Å². The molecule has 100 valence electrons. The van der Waals surface area contributed by atoms with Gasteiger partial charge in [-0.05, 0) is 0 Å². The fraction of sp³-hybridized carbons (Fsp3) is 0.429. The van der Waals surface area contributed by atoms with Crippen LogP contribution in [-0.4, -0.2) is 10.5 Å². The lowest BCUT2D eigenvalue weighted by Crippen LogP contribution is -2.40. The Morgan fingerprint density at radius 1 is 0.947 bits per heavy atom. The summed E-state index contributed by atoms with van der Waals surface area (Å²) < 4.78 is 12.3. The molecule has 0 saturated heterocycles. The Bertz CT molecular complexity index is 525. The monoisotopic (exact) mass is 268 g/mol. The van der Waals surface area contributed by atoms with Crippen LogP contribution in [0.25, 0.3) is 0 Å². The summed E-state index contributed by atoms with van der Waals surface area (Å²) in [7, 11) is 0. The molecule has 0 aliphatic carbocycles. The van der Waals surface area contributed by atoms with E-state index >= 15 is 0 Å². The Kier molecular flexibility index (Phi) is 4.05. The van der Waals surface area contributed by atoms with Crippen molar-refractivity contribution >= 4 is 11.8 Å². The summed E-state index contributed by atoms with van der Waals surface area (Å²) in [6.07, 6.45) is 3.52. The molecule has 2 rings (SSSR count). The van der Waals surface area contributed by atoms with Gasteiger partial charge in [0.25, 0.3) is 12.4 Å². The molecule has 2 heterocycles. The van der Waals surface area contributed by atoms with Gasteiger partial charge in [-0.15, -0.1) is 10.2 Å². The van der Waals surface area contributed by atoms with Crippen molar-refractivity contribution in [1.82, 2.24) is 10.5 Å². The number of aryl methyl sites for hydroxylation is 2. The van der Waals surface area contributed by atoms with E-state index in [4.69, 9.17) is 9.05 Å². The lowest BCUT2D eigenvalue weighted by Gasteiger charge is -1.84. The van der Waals surface area contributed by atoms with Crippen LogP contribution in [-0.2, 0) is 13.1 Å². The average Bonchev–Trinajstić information content (AvgIpc) is 3.01. The highest BCUT2D eigenvalue weighted by Crippen LogP contribution is 2.06. The van der Waals surface area contributed by atoms with Crippen LogP contribution < -0.4 is 9.36 Å². The highest BCUT2D eigenvalue weighted by atomic mass is 16.5. The standard InChI is InChI=1S/C7H8N8O4/c16-10-8-6-4-14(12-18-6)2-1-3-15-5-7(9-11-17)19-13-15/h4-5H,1-3H2. The molecular weight excluding hydrogens is 260 g/mol. The SMILES string of the molecule is [O-]/N=N/c1c[n+](CCC[n+]2cc(/N=N/[O-])on2)no1. The lowest BCUT2D eigenvalue weighted by molar-refractivity contribution is -0.789. The van der Waals surface area contributed by atoms with Gasteiger partial charge >= 0.3 is 11.8 Å². The zero-order chi connectivity index (χ0) is 13.5. The summed E-state index contributed by atoms with van der Waals surface area (Å²) in [5.74, 6) is 0.0597. The number of hydrogen-bond donors (Lipinski definition) is 0. The van der Waals surface area contributed by atoms with Crippen molar-refractivity contribution in [2.24, 2.45) is 20.8 Å². The molecule has 0 saturated carbocycles. The van der Waals surface area contributed by atoms with E-state index in [1.54, 1.807) is 0 Å². The minimum Gasteiger partial charge on any atom is -0.775 e. The van der Waals surface area contributed by atoms with Gasteiger partial charge in [-0.25, -0.2) is 10.6 Å². The van der Waals surface area contributed by atoms with Crippen LogP contribution in [0.5, 0.6) is 0 Å². The zero-order valence-electron chi connectivity index (χ0n) is 9.49. The van der Waals surface area contributed by atoms with Crippen molar-refractivity contribution in [1.29, 1.82) is 0 Å². The fourth-order valence-electron chi connectivity index (χ4n) is 1.31. The second-order valence-electron chi connectivity index (χ2n) is 3.32. The Morgan fingerprint density at radius 3 is 1.84 bits per heavy atom. The third-order valence-corrected chi connectivity index (χ3v) is 2.05. The van der Waals surface area contributed by atoms with Crippen molar-refractivity contribution in [3.05, 3.63) is 22.8 Å². The molecule has 12 nitrogen and oxygen atoms in total. The molecule has 2 aromatic rings. The predicted octanol–water partition coefficient (Wildman–Crippen LogP) is 0.491. The van der Waals surface area contributed by atoms with Crippen LogP contribution in [0.1, 0.15) is 6.42 Å². The van der Waals surface area contributed by atoms with Gasteiger partial charge in [-0.2, -0.15) is 0 Å². The molecule has 0 bridgehead atoms. The second-order valence-corrected chi connectivity index (χ2v) is 3.32. The third kappa shape index (κ3) is 3.52. The first-order valence-electron chi connectivity index (χ1n) is 5.11. The molecule has 0 N–H and O–H groups in total. The first-order valence-corrected chi connectivity index (χ1v) is 5.11. The van der Waals surface area contributed by atoms with Crippen molar-refractivity contribution in [2.45, 2.75) is 19.5 Å². The Morgan fingerprint density at radius 2 is 1.42 bits per heavy atom. The fourth-order valence-corrected chi connectivity index (χ4v) is 1.31. The molecule has 0 amide bonds. The molecule has 0 fully saturated rings. The van der Waals surface area contributed by atoms with Crippen molar-refractivity contribution < 1.29 is 18.4 Å². The van der Waals surface area contributed by atoms with Crippen molar-refractivity contribution in [2.75, 3.05) is 0 Å². The van der Waals surface area contributed by atoms with E-state index in [9.17, 15) is 10.4 Å². The van der Waals surface area contributed by atoms with Crippen molar-refractivity contribution in [3.8, 4) is 0 Å². The maximum absolute atomic E-state index is 9.86. The summed E-state index contributed by atoms with van der Waals surface area (Å²) in [4.78, 5) is 0. The van der Waals surface area contributed by atoms with Crippen LogP contribution in [0.15, 0.2) is 42.2 Å². The maximum atomic E-state index is 9.86. The highest BCUT2D eigenvalue weighted by molar-refractivity contribution is 5.09. The summed E-state index contributed by atoms with van der Waals surface area (Å²) in [5.41, 5.74) is 0. The Hall–Kier alpha value is -2.92. The van der Waals surface area contributed by atoms with Crippen LogP contribution in [0.4, 0.5) is 11.8 Å². The van der Waals surface area contributed by atoms with E-state index in [1.165, 1.54) is 21.8 Å². The molecular formula is C7H8N8O4. The minimum atomic E-state index is 0.0298. The first kappa shape index (κ1) is 12.5. The van der Waals surface area contributed by atoms with Gasteiger partial charge in [-0.3, -0.25) is 9.05 Å². The molecule has 0 radical (unpaired) electrons. The molecule has 19 heavy (non-hydrogen) atoms. The van der Waals surface area contributed by atoms with E-state index < -0.39 is 0 Å². The number of rotatable bonds is 6. The molecule has 0 aromatic carbocycles. The van der Waals surface area contributed by atoms with Crippen LogP contribution in [0.3, 0.4) is 0 Å². The minimum absolute atomic E-state index is 0.0298. The third-order valence-electron chi connectivity index (χ3n) is 2.05. The molecule has 0 aliphatic heterocycles. The van der Waals surface area contributed by atoms with Gasteiger partial charge in [0, 0.05) is 0 Å². The number of nitrogens with zero attached hydrogens (tertiary/aromatic N) is 8. The van der Waals surface area contributed by atoms with Crippen LogP contribution >= 0.6 is 0 Å². The smallest absolute Gasteiger partial charge is 0.339 e. The van der Waals surface area contributed by atoms with Crippen molar-refractivity contribution in [3.63, 3.8) is 0 Å². The topological polar surface area (TPSA) is 155 Å². The zero-order valence-corrected chi connectivity index (χ0v) is 9.49. The maximum Gasteiger partial charge on any atom is 0.339 e. The van der Waals surface area contributed by atoms with Gasteiger partial charge in [0.15, 0.2) is 13.1 Å². The summed E-state index contributed by atoms with van der Waals surface area (Å²) in [5, 5.41) is 37.9. The number of aromatic nitrogens is 4. The molecule has 0 spiro atoms. The Balaban J connectivity index is 1.81. The van der Waals surface area contributed by atoms with Gasteiger partial charge in [-0.1, -0.05) is 9.36 Å². The summed E-state index contributed by atoms with van der Waals surface area (Å²) in [6.45, 7) is 1.02. The summed E-state index contributed by atoms with van der Waals surface area (Å²) >= 11 is 0. The Labute approximate surface area is 105 Å². The molecule has 0 atom stereocenters. The van der Waals surface area contributed by atoms with Gasteiger partial charge < -0.3 is 10.4 Å². The molecule has 12 heteroatoms. The molecule has 0 unspecified atom stereocenters. The predicted molar refractivity (Wildman–Crippen MR) is 53.8 cm³/mol. The van der Waals surface area contributed by atoms with Gasteiger partial charge in [0.05, 0.1) is 6.42 Å². The van der Waals surface area contributed by atoms with Crippen LogP contribution in [0, 0.1) is 10.4 Å². The van der Waals surface area contributed by atoms with E-state index in [2.05, 4.69) is 31.3 Å². The highest BCUT2D eigenvalue weighted by Gasteiger charge is 2.14. The average molecular weight is 268 g/mol. The number of hydrogen-bond acceptors (Lipinski definition) is 10. The van der Waals surface area contributed by atoms with E-state index in [0.717, 1.165) is 0 Å². The van der Waals surface area contributed by atoms with Gasteiger partial charge in [0.2, 0.25) is 10.5 Å². The van der Waals surface area contributed by atoms with E-state index in [0.29, 0.717) is 19.5 Å². The van der Waals surface area contributed by atoms with E-state index in [1.807, 2.05) is 0 Å². The molecule has 2 aromatic heterocycles. The quantitative estimate of drug-likeness (QED) is 0.421. The van der Waals surface area contributed by atoms with Crippen LogP contribution in [0.2, 0.25) is 0 Å². The normalized spacial score (nSPS) is 11.8. The first-order chi connectivity index (χ1) is 9.31. The summed E-state index contributed by atoms with van der Waals surface area (Å²) in [6, 6.07) is 0. The van der Waals surface area contributed by atoms with E-state index in [-0.39, 0.29) is 11.8 Å². The largest absolute Gasteiger partial charge is 0.775 e. The second kappa shape index (κ2) is 6.13. The lowest BCUT2D eigenvalue weighted by atomic mass is 10.4. The molecule has 0 aliphatic rings.